The van der Waals surface area contributed by atoms with Crippen molar-refractivity contribution in [2.45, 2.75) is 26.2 Å². The van der Waals surface area contributed by atoms with Gasteiger partial charge in [-0.15, -0.1) is 0 Å². The van der Waals surface area contributed by atoms with E-state index in [2.05, 4.69) is 20.8 Å². The summed E-state index contributed by atoms with van der Waals surface area (Å²) in [6.45, 7) is 6.40. The maximum Gasteiger partial charge on any atom is 0.235 e. The normalized spacial score (nSPS) is 11.8. The van der Waals surface area contributed by atoms with Gasteiger partial charge in [-0.25, -0.2) is 0 Å². The lowest BCUT2D eigenvalue weighted by molar-refractivity contribution is 0.449. The van der Waals surface area contributed by atoms with E-state index in [0.29, 0.717) is 16.5 Å². The summed E-state index contributed by atoms with van der Waals surface area (Å²) < 4.78 is 5.73. The molecule has 0 amide bonds. The third-order valence-electron chi connectivity index (χ3n) is 3.79. The van der Waals surface area contributed by atoms with Crippen LogP contribution in [0.4, 0.5) is 0 Å². The quantitative estimate of drug-likeness (QED) is 0.720. The molecule has 0 radical (unpaired) electrons. The van der Waals surface area contributed by atoms with Crippen LogP contribution in [-0.4, -0.2) is 5.11 Å². The molecule has 1 heterocycles. The van der Waals surface area contributed by atoms with Gasteiger partial charge in [0.15, 0.2) is 5.76 Å². The Bertz CT molecular complexity index is 881. The average Bonchev–Trinajstić information content (AvgIpc) is 2.50. The van der Waals surface area contributed by atoms with Crippen LogP contribution in [0.25, 0.3) is 22.3 Å². The van der Waals surface area contributed by atoms with Crippen molar-refractivity contribution in [1.29, 1.82) is 0 Å². The number of aromatic hydroxyl groups is 1. The highest BCUT2D eigenvalue weighted by Crippen LogP contribution is 2.31. The first-order valence-corrected chi connectivity index (χ1v) is 7.23. The first-order chi connectivity index (χ1) is 10.4. The molecule has 1 N–H and O–H groups in total. The van der Waals surface area contributed by atoms with Crippen LogP contribution < -0.4 is 5.43 Å². The molecule has 0 aliphatic carbocycles. The van der Waals surface area contributed by atoms with Crippen LogP contribution in [0, 0.1) is 0 Å². The third kappa shape index (κ3) is 2.39. The van der Waals surface area contributed by atoms with E-state index in [4.69, 9.17) is 4.42 Å². The van der Waals surface area contributed by atoms with Crippen molar-refractivity contribution in [2.75, 3.05) is 0 Å². The SMILES string of the molecule is CC(C)(C)c1ccc(-c2oc3ccccc3c(=O)c2O)cc1. The van der Waals surface area contributed by atoms with Crippen molar-refractivity contribution < 1.29 is 9.52 Å². The fourth-order valence-electron chi connectivity index (χ4n) is 2.45. The Kier molecular flexibility index (Phi) is 3.28. The summed E-state index contributed by atoms with van der Waals surface area (Å²) in [6, 6.07) is 14.6. The Morgan fingerprint density at radius 1 is 0.955 bits per heavy atom. The van der Waals surface area contributed by atoms with E-state index in [1.54, 1.807) is 24.3 Å². The van der Waals surface area contributed by atoms with Gasteiger partial charge in [-0.1, -0.05) is 57.2 Å². The lowest BCUT2D eigenvalue weighted by atomic mass is 9.86. The third-order valence-corrected chi connectivity index (χ3v) is 3.79. The Labute approximate surface area is 128 Å². The zero-order valence-corrected chi connectivity index (χ0v) is 12.9. The van der Waals surface area contributed by atoms with Crippen LogP contribution in [-0.2, 0) is 5.41 Å². The molecule has 0 aliphatic rings. The Hall–Kier alpha value is -2.55. The molecule has 0 saturated heterocycles. The molecule has 3 nitrogen and oxygen atoms in total. The molecule has 0 unspecified atom stereocenters. The number of benzene rings is 2. The van der Waals surface area contributed by atoms with Crippen LogP contribution >= 0.6 is 0 Å². The molecule has 0 saturated carbocycles. The van der Waals surface area contributed by atoms with Crippen LogP contribution in [0.15, 0.2) is 57.7 Å². The van der Waals surface area contributed by atoms with Gasteiger partial charge in [0.2, 0.25) is 11.2 Å². The Morgan fingerprint density at radius 2 is 1.59 bits per heavy atom. The van der Waals surface area contributed by atoms with E-state index in [0.717, 1.165) is 0 Å². The molecule has 112 valence electrons. The zero-order valence-electron chi connectivity index (χ0n) is 12.9. The second-order valence-corrected chi connectivity index (χ2v) is 6.43. The summed E-state index contributed by atoms with van der Waals surface area (Å²) >= 11 is 0. The molecule has 0 atom stereocenters. The van der Waals surface area contributed by atoms with Crippen molar-refractivity contribution in [3.8, 4) is 17.1 Å². The number of rotatable bonds is 1. The summed E-state index contributed by atoms with van der Waals surface area (Å²) in [5, 5.41) is 10.6. The maximum atomic E-state index is 12.2. The average molecular weight is 294 g/mol. The van der Waals surface area contributed by atoms with Crippen molar-refractivity contribution in [3.05, 3.63) is 64.3 Å². The fourth-order valence-corrected chi connectivity index (χ4v) is 2.45. The Morgan fingerprint density at radius 3 is 2.23 bits per heavy atom. The lowest BCUT2D eigenvalue weighted by Crippen LogP contribution is -2.10. The minimum atomic E-state index is -0.406. The molecule has 3 heteroatoms. The molecular weight excluding hydrogens is 276 g/mol. The highest BCUT2D eigenvalue weighted by Gasteiger charge is 2.17. The highest BCUT2D eigenvalue weighted by molar-refractivity contribution is 5.81. The first-order valence-electron chi connectivity index (χ1n) is 7.23. The predicted octanol–water partition coefficient (Wildman–Crippen LogP) is 4.46. The minimum Gasteiger partial charge on any atom is -0.502 e. The summed E-state index contributed by atoms with van der Waals surface area (Å²) in [5.41, 5.74) is 1.98. The van der Waals surface area contributed by atoms with Crippen molar-refractivity contribution in [1.82, 2.24) is 0 Å². The second-order valence-electron chi connectivity index (χ2n) is 6.43. The van der Waals surface area contributed by atoms with Crippen molar-refractivity contribution >= 4 is 11.0 Å². The number of fused-ring (bicyclic) bond motifs is 1. The molecule has 2 aromatic carbocycles. The van der Waals surface area contributed by atoms with Gasteiger partial charge in [-0.2, -0.15) is 0 Å². The number of para-hydroxylation sites is 1. The highest BCUT2D eigenvalue weighted by atomic mass is 16.4. The predicted molar refractivity (Wildman–Crippen MR) is 88.3 cm³/mol. The minimum absolute atomic E-state index is 0.0464. The molecule has 0 spiro atoms. The second kappa shape index (κ2) is 5.02. The van der Waals surface area contributed by atoms with Gasteiger partial charge in [0.1, 0.15) is 5.58 Å². The van der Waals surface area contributed by atoms with E-state index in [1.807, 2.05) is 24.3 Å². The number of hydrogen-bond donors (Lipinski definition) is 1. The van der Waals surface area contributed by atoms with Gasteiger partial charge >= 0.3 is 0 Å². The smallest absolute Gasteiger partial charge is 0.235 e. The molecular formula is C19H18O3. The fraction of sp³-hybridized carbons (Fsp3) is 0.211. The molecule has 3 rings (SSSR count). The number of hydrogen-bond acceptors (Lipinski definition) is 3. The molecule has 3 aromatic rings. The summed E-state index contributed by atoms with van der Waals surface area (Å²) in [6.07, 6.45) is 0. The molecule has 22 heavy (non-hydrogen) atoms. The van der Waals surface area contributed by atoms with E-state index >= 15 is 0 Å². The van der Waals surface area contributed by atoms with Crippen LogP contribution in [0.5, 0.6) is 5.75 Å². The van der Waals surface area contributed by atoms with E-state index in [-0.39, 0.29) is 16.9 Å². The molecule has 0 fully saturated rings. The van der Waals surface area contributed by atoms with E-state index < -0.39 is 5.43 Å². The summed E-state index contributed by atoms with van der Waals surface area (Å²) in [7, 11) is 0. The van der Waals surface area contributed by atoms with Gasteiger partial charge in [-0.3, -0.25) is 4.79 Å². The van der Waals surface area contributed by atoms with Crippen LogP contribution in [0.1, 0.15) is 26.3 Å². The largest absolute Gasteiger partial charge is 0.502 e. The van der Waals surface area contributed by atoms with Crippen molar-refractivity contribution in [3.63, 3.8) is 0 Å². The summed E-state index contributed by atoms with van der Waals surface area (Å²) in [4.78, 5) is 12.2. The zero-order chi connectivity index (χ0) is 15.9. The van der Waals surface area contributed by atoms with Gasteiger partial charge < -0.3 is 9.52 Å². The standard InChI is InChI=1S/C19H18O3/c1-19(2,3)13-10-8-12(9-11-13)18-17(21)16(20)14-6-4-5-7-15(14)22-18/h4-11,21H,1-3H3. The van der Waals surface area contributed by atoms with Crippen LogP contribution in [0.3, 0.4) is 0 Å². The monoisotopic (exact) mass is 294 g/mol. The molecule has 1 aromatic heterocycles. The Balaban J connectivity index is 2.18. The van der Waals surface area contributed by atoms with E-state index in [1.165, 1.54) is 5.56 Å². The molecule has 0 bridgehead atoms. The van der Waals surface area contributed by atoms with Gasteiger partial charge in [0.05, 0.1) is 5.39 Å². The maximum absolute atomic E-state index is 12.2. The summed E-state index contributed by atoms with van der Waals surface area (Å²) in [5.74, 6) is -0.133. The van der Waals surface area contributed by atoms with E-state index in [9.17, 15) is 9.90 Å². The van der Waals surface area contributed by atoms with Crippen molar-refractivity contribution in [2.24, 2.45) is 0 Å². The van der Waals surface area contributed by atoms with Gasteiger partial charge in [0, 0.05) is 5.56 Å². The lowest BCUT2D eigenvalue weighted by Gasteiger charge is -2.19. The van der Waals surface area contributed by atoms with Gasteiger partial charge in [0.25, 0.3) is 0 Å². The molecule has 0 aliphatic heterocycles. The van der Waals surface area contributed by atoms with Gasteiger partial charge in [-0.05, 0) is 23.1 Å². The van der Waals surface area contributed by atoms with Crippen LogP contribution in [0.2, 0.25) is 0 Å². The first kappa shape index (κ1) is 14.4. The topological polar surface area (TPSA) is 50.4 Å².